The first kappa shape index (κ1) is 25.6. The summed E-state index contributed by atoms with van der Waals surface area (Å²) in [5, 5.41) is 3.56. The summed E-state index contributed by atoms with van der Waals surface area (Å²) in [6, 6.07) is 5.24. The Kier molecular flexibility index (Phi) is 10.3. The number of nitrogens with zero attached hydrogens (tertiary/aromatic N) is 2. The average molecular weight is 458 g/mol. The molecule has 0 spiro atoms. The predicted molar refractivity (Wildman–Crippen MR) is 124 cm³/mol. The van der Waals surface area contributed by atoms with Crippen LogP contribution in [0.3, 0.4) is 0 Å². The van der Waals surface area contributed by atoms with Crippen molar-refractivity contribution in [2.75, 3.05) is 39.1 Å². The van der Waals surface area contributed by atoms with E-state index in [9.17, 15) is 13.2 Å². The summed E-state index contributed by atoms with van der Waals surface area (Å²) in [7, 11) is 4.03. The molecule has 2 rings (SSSR count). The van der Waals surface area contributed by atoms with Crippen LogP contribution >= 0.6 is 12.2 Å². The van der Waals surface area contributed by atoms with Crippen LogP contribution in [0, 0.1) is 0 Å². The Labute approximate surface area is 189 Å². The molecule has 0 aromatic heterocycles. The molecule has 1 aromatic rings. The van der Waals surface area contributed by atoms with Crippen molar-refractivity contribution < 1.29 is 17.9 Å². The Morgan fingerprint density at radius 3 is 2.39 bits per heavy atom. The molecule has 0 bridgehead atoms. The van der Waals surface area contributed by atoms with E-state index in [4.69, 9.17) is 17.0 Å². The molecule has 0 saturated heterocycles. The fourth-order valence-corrected chi connectivity index (χ4v) is 4.03. The van der Waals surface area contributed by atoms with Crippen molar-refractivity contribution in [3.63, 3.8) is 0 Å². The predicted octanol–water partition coefficient (Wildman–Crippen LogP) is 5.56. The van der Waals surface area contributed by atoms with Gasteiger partial charge in [-0.1, -0.05) is 6.08 Å². The van der Waals surface area contributed by atoms with E-state index in [2.05, 4.69) is 23.8 Å². The van der Waals surface area contributed by atoms with Crippen molar-refractivity contribution in [1.29, 1.82) is 0 Å². The van der Waals surface area contributed by atoms with E-state index in [1.54, 1.807) is 0 Å². The van der Waals surface area contributed by atoms with Gasteiger partial charge in [-0.05, 0) is 88.6 Å². The first-order valence-corrected chi connectivity index (χ1v) is 11.2. The quantitative estimate of drug-likeness (QED) is 0.282. The molecule has 1 N–H and O–H groups in total. The van der Waals surface area contributed by atoms with Crippen molar-refractivity contribution in [3.8, 4) is 0 Å². The third-order valence-corrected chi connectivity index (χ3v) is 6.09. The van der Waals surface area contributed by atoms with E-state index in [0.717, 1.165) is 70.4 Å². The SMILES string of the molecule is C=CCN(C)CCCCO[C@H]1CC[C@H](N(C)C(=S)Nc2ccc(C(F)(F)F)cc2)CC1. The molecule has 31 heavy (non-hydrogen) atoms. The van der Waals surface area contributed by atoms with Gasteiger partial charge in [-0.25, -0.2) is 0 Å². The molecule has 0 radical (unpaired) electrons. The van der Waals surface area contributed by atoms with E-state index in [1.165, 1.54) is 12.1 Å². The fraction of sp³-hybridized carbons (Fsp3) is 0.609. The molecule has 0 aliphatic heterocycles. The lowest BCUT2D eigenvalue weighted by molar-refractivity contribution is -0.137. The van der Waals surface area contributed by atoms with E-state index in [-0.39, 0.29) is 0 Å². The van der Waals surface area contributed by atoms with Gasteiger partial charge in [0.25, 0.3) is 0 Å². The highest BCUT2D eigenvalue weighted by Crippen LogP contribution is 2.30. The molecule has 4 nitrogen and oxygen atoms in total. The molecule has 1 aromatic carbocycles. The molecular formula is C23H34F3N3OS. The zero-order chi connectivity index (χ0) is 22.9. The number of thiocarbonyl (C=S) groups is 1. The number of benzene rings is 1. The van der Waals surface area contributed by atoms with Crippen LogP contribution in [0.15, 0.2) is 36.9 Å². The van der Waals surface area contributed by atoms with Crippen molar-refractivity contribution in [1.82, 2.24) is 9.80 Å². The zero-order valence-corrected chi connectivity index (χ0v) is 19.3. The van der Waals surface area contributed by atoms with Gasteiger partial charge in [0.1, 0.15) is 0 Å². The molecule has 1 aliphatic rings. The molecule has 0 atom stereocenters. The van der Waals surface area contributed by atoms with Crippen LogP contribution in [0.25, 0.3) is 0 Å². The second kappa shape index (κ2) is 12.4. The summed E-state index contributed by atoms with van der Waals surface area (Å²) in [6.45, 7) is 6.50. The number of hydrogen-bond acceptors (Lipinski definition) is 3. The maximum absolute atomic E-state index is 12.7. The normalized spacial score (nSPS) is 19.3. The standard InChI is InChI=1S/C23H34F3N3OS/c1-4-15-28(2)16-5-6-17-30-21-13-11-20(12-14-21)29(3)22(31)27-19-9-7-18(8-10-19)23(24,25)26/h4,7-10,20-21H,1,5-6,11-17H2,2-3H3,(H,27,31)/t20-,21-. The summed E-state index contributed by atoms with van der Waals surface area (Å²) in [4.78, 5) is 4.26. The van der Waals surface area contributed by atoms with Crippen LogP contribution in [0.4, 0.5) is 18.9 Å². The minimum Gasteiger partial charge on any atom is -0.378 e. The van der Waals surface area contributed by atoms with Crippen molar-refractivity contribution in [2.24, 2.45) is 0 Å². The van der Waals surface area contributed by atoms with E-state index >= 15 is 0 Å². The lowest BCUT2D eigenvalue weighted by atomic mass is 9.92. The second-order valence-electron chi connectivity index (χ2n) is 8.18. The second-order valence-corrected chi connectivity index (χ2v) is 8.56. The molecule has 174 valence electrons. The monoisotopic (exact) mass is 457 g/mol. The highest BCUT2D eigenvalue weighted by Gasteiger charge is 2.30. The number of anilines is 1. The Bertz CT molecular complexity index is 688. The van der Waals surface area contributed by atoms with Gasteiger partial charge in [0.05, 0.1) is 11.7 Å². The average Bonchev–Trinajstić information content (AvgIpc) is 2.73. The van der Waals surface area contributed by atoms with Crippen molar-refractivity contribution in [3.05, 3.63) is 42.5 Å². The molecule has 8 heteroatoms. The number of halogens is 3. The highest BCUT2D eigenvalue weighted by atomic mass is 32.1. The molecule has 0 amide bonds. The first-order valence-electron chi connectivity index (χ1n) is 10.8. The van der Waals surface area contributed by atoms with Crippen LogP contribution in [-0.4, -0.2) is 60.8 Å². The number of hydrogen-bond donors (Lipinski definition) is 1. The third-order valence-electron chi connectivity index (χ3n) is 5.70. The summed E-state index contributed by atoms with van der Waals surface area (Å²) < 4.78 is 44.1. The highest BCUT2D eigenvalue weighted by molar-refractivity contribution is 7.80. The molecule has 1 saturated carbocycles. The largest absolute Gasteiger partial charge is 0.416 e. The van der Waals surface area contributed by atoms with Crippen molar-refractivity contribution in [2.45, 2.75) is 56.8 Å². The smallest absolute Gasteiger partial charge is 0.378 e. The van der Waals surface area contributed by atoms with Gasteiger partial charge in [0, 0.05) is 31.9 Å². The molecule has 0 heterocycles. The maximum Gasteiger partial charge on any atom is 0.416 e. The van der Waals surface area contributed by atoms with Crippen LogP contribution in [0.2, 0.25) is 0 Å². The summed E-state index contributed by atoms with van der Waals surface area (Å²) in [5.74, 6) is 0. The maximum atomic E-state index is 12.7. The minimum atomic E-state index is -4.33. The molecule has 1 fully saturated rings. The Balaban J connectivity index is 1.67. The third kappa shape index (κ3) is 8.79. The van der Waals surface area contributed by atoms with Crippen LogP contribution in [0.5, 0.6) is 0 Å². The molecular weight excluding hydrogens is 423 g/mol. The Morgan fingerprint density at radius 2 is 1.81 bits per heavy atom. The van der Waals surface area contributed by atoms with Gasteiger partial charge in [0.15, 0.2) is 5.11 Å². The van der Waals surface area contributed by atoms with Crippen LogP contribution in [-0.2, 0) is 10.9 Å². The molecule has 0 unspecified atom stereocenters. The summed E-state index contributed by atoms with van der Waals surface area (Å²) in [5.41, 5.74) is -0.111. The van der Waals surface area contributed by atoms with Gasteiger partial charge in [-0.3, -0.25) is 0 Å². The topological polar surface area (TPSA) is 27.7 Å². The summed E-state index contributed by atoms with van der Waals surface area (Å²) >= 11 is 5.47. The minimum absolute atomic E-state index is 0.298. The lowest BCUT2D eigenvalue weighted by Crippen LogP contribution is -2.42. The number of rotatable bonds is 10. The Morgan fingerprint density at radius 1 is 1.16 bits per heavy atom. The van der Waals surface area contributed by atoms with E-state index < -0.39 is 11.7 Å². The molecule has 1 aliphatic carbocycles. The number of unbranched alkanes of at least 4 members (excludes halogenated alkanes) is 1. The van der Waals surface area contributed by atoms with Crippen LogP contribution < -0.4 is 5.32 Å². The van der Waals surface area contributed by atoms with Gasteiger partial charge < -0.3 is 19.9 Å². The first-order chi connectivity index (χ1) is 14.7. The van der Waals surface area contributed by atoms with E-state index in [1.807, 2.05) is 18.0 Å². The zero-order valence-electron chi connectivity index (χ0n) is 18.5. The van der Waals surface area contributed by atoms with Crippen LogP contribution in [0.1, 0.15) is 44.1 Å². The van der Waals surface area contributed by atoms with Crippen molar-refractivity contribution >= 4 is 23.0 Å². The fourth-order valence-electron chi connectivity index (χ4n) is 3.76. The summed E-state index contributed by atoms with van der Waals surface area (Å²) in [6.07, 6.45) is 4.01. The lowest BCUT2D eigenvalue weighted by Gasteiger charge is -2.36. The van der Waals surface area contributed by atoms with Gasteiger partial charge >= 0.3 is 6.18 Å². The van der Waals surface area contributed by atoms with Gasteiger partial charge in [-0.15, -0.1) is 6.58 Å². The number of ether oxygens (including phenoxy) is 1. The van der Waals surface area contributed by atoms with Gasteiger partial charge in [0.2, 0.25) is 0 Å². The van der Waals surface area contributed by atoms with E-state index in [0.29, 0.717) is 22.9 Å². The number of likely N-dealkylation sites (N-methyl/N-ethyl adjacent to an activating group) is 1. The Hall–Kier alpha value is -1.64. The van der Waals surface area contributed by atoms with Gasteiger partial charge in [-0.2, -0.15) is 13.2 Å². The number of nitrogens with one attached hydrogen (secondary N) is 1. The number of alkyl halides is 3.